The molecule has 0 unspecified atom stereocenters. The van der Waals surface area contributed by atoms with Gasteiger partial charge in [-0.2, -0.15) is 16.9 Å². The second-order valence-corrected chi connectivity index (χ2v) is 7.55. The molecule has 2 aliphatic heterocycles. The number of hydrogen-bond acceptors (Lipinski definition) is 6. The minimum absolute atomic E-state index is 0.304. The Morgan fingerprint density at radius 1 is 1.31 bits per heavy atom. The number of aromatic nitrogens is 3. The molecule has 2 aromatic rings. The number of cyclic esters (lactones) is 1. The number of carbonyl (C=O) groups is 1. The zero-order chi connectivity index (χ0) is 17.9. The van der Waals surface area contributed by atoms with Crippen molar-refractivity contribution in [1.29, 1.82) is 0 Å². The van der Waals surface area contributed by atoms with Gasteiger partial charge in [0.1, 0.15) is 24.6 Å². The van der Waals surface area contributed by atoms with E-state index in [1.165, 1.54) is 17.3 Å². The molecule has 4 rings (SSSR count). The molecule has 0 N–H and O–H groups in total. The number of rotatable bonds is 4. The van der Waals surface area contributed by atoms with Crippen LogP contribution in [0.3, 0.4) is 0 Å². The van der Waals surface area contributed by atoms with Gasteiger partial charge in [-0.3, -0.25) is 4.90 Å². The van der Waals surface area contributed by atoms with Crippen LogP contribution in [0.1, 0.15) is 6.42 Å². The Kier molecular flexibility index (Phi) is 4.96. The fourth-order valence-corrected chi connectivity index (χ4v) is 4.16. The molecule has 2 saturated heterocycles. The lowest BCUT2D eigenvalue weighted by atomic mass is 10.2. The Morgan fingerprint density at radius 3 is 3.04 bits per heavy atom. The summed E-state index contributed by atoms with van der Waals surface area (Å²) in [5, 5.41) is 4.02. The predicted molar refractivity (Wildman–Crippen MR) is 98.2 cm³/mol. The summed E-state index contributed by atoms with van der Waals surface area (Å²) in [6, 6.07) is 4.97. The molecule has 1 aromatic heterocycles. The summed E-state index contributed by atoms with van der Waals surface area (Å²) in [5.74, 6) is 1.81. The largest absolute Gasteiger partial charge is 0.442 e. The second-order valence-electron chi connectivity index (χ2n) is 6.32. The van der Waals surface area contributed by atoms with Crippen LogP contribution in [0.15, 0.2) is 30.9 Å². The molecular weight excluding hydrogens is 357 g/mol. The number of halogens is 1. The maximum absolute atomic E-state index is 14.7. The Hall–Kier alpha value is -2.29. The lowest BCUT2D eigenvalue weighted by molar-refractivity contribution is 0.129. The highest BCUT2D eigenvalue weighted by molar-refractivity contribution is 7.99. The summed E-state index contributed by atoms with van der Waals surface area (Å²) in [6.07, 6.45) is 3.26. The molecule has 0 bridgehead atoms. The average Bonchev–Trinajstić information content (AvgIpc) is 3.17. The van der Waals surface area contributed by atoms with Gasteiger partial charge in [0.2, 0.25) is 0 Å². The highest BCUT2D eigenvalue weighted by Gasteiger charge is 2.33. The third kappa shape index (κ3) is 3.62. The van der Waals surface area contributed by atoms with Gasteiger partial charge in [0.05, 0.1) is 24.5 Å². The predicted octanol–water partition coefficient (Wildman–Crippen LogP) is 2.39. The van der Waals surface area contributed by atoms with Crippen LogP contribution in [0.4, 0.5) is 20.6 Å². The second kappa shape index (κ2) is 7.53. The molecule has 0 radical (unpaired) electrons. The highest BCUT2D eigenvalue weighted by atomic mass is 32.2. The quantitative estimate of drug-likeness (QED) is 0.815. The van der Waals surface area contributed by atoms with Crippen molar-refractivity contribution in [2.24, 2.45) is 0 Å². The first-order valence-electron chi connectivity index (χ1n) is 8.63. The molecule has 9 heteroatoms. The van der Waals surface area contributed by atoms with Gasteiger partial charge in [0.25, 0.3) is 0 Å². The van der Waals surface area contributed by atoms with E-state index in [0.717, 1.165) is 31.0 Å². The molecule has 1 amide bonds. The fourth-order valence-electron chi connectivity index (χ4n) is 3.27. The Labute approximate surface area is 155 Å². The summed E-state index contributed by atoms with van der Waals surface area (Å²) in [4.78, 5) is 19.6. The van der Waals surface area contributed by atoms with Crippen molar-refractivity contribution in [1.82, 2.24) is 14.8 Å². The maximum atomic E-state index is 14.7. The molecule has 7 nitrogen and oxygen atoms in total. The number of hydrogen-bond donors (Lipinski definition) is 0. The Bertz CT molecular complexity index is 765. The summed E-state index contributed by atoms with van der Waals surface area (Å²) >= 11 is 1.90. The van der Waals surface area contributed by atoms with Crippen molar-refractivity contribution in [3.8, 4) is 0 Å². The Morgan fingerprint density at radius 2 is 2.23 bits per heavy atom. The number of nitrogens with zero attached hydrogens (tertiary/aromatic N) is 5. The number of amides is 1. The number of ether oxygens (including phenoxy) is 1. The van der Waals surface area contributed by atoms with Crippen molar-refractivity contribution in [2.75, 3.05) is 40.9 Å². The zero-order valence-electron chi connectivity index (χ0n) is 14.3. The first kappa shape index (κ1) is 17.1. The standard InChI is InChI=1S/C17H20FN5O2S/c18-15-8-13(2-3-16(15)21-4-1-6-26-7-5-21)23-10-14(25-17(23)24)9-22-12-19-11-20-22/h2-3,8,11-12,14H,1,4-7,9-10H2/t14-/m0/s1. The van der Waals surface area contributed by atoms with Gasteiger partial charge in [-0.1, -0.05) is 0 Å². The number of carbonyl (C=O) groups excluding carboxylic acids is 1. The Balaban J connectivity index is 1.47. The molecule has 138 valence electrons. The van der Waals surface area contributed by atoms with Crippen LogP contribution in [-0.2, 0) is 11.3 Å². The van der Waals surface area contributed by atoms with E-state index in [1.54, 1.807) is 23.1 Å². The number of benzene rings is 1. The summed E-state index contributed by atoms with van der Waals surface area (Å²) in [6.45, 7) is 2.48. The first-order valence-corrected chi connectivity index (χ1v) is 9.79. The van der Waals surface area contributed by atoms with Crippen molar-refractivity contribution in [3.05, 3.63) is 36.7 Å². The molecule has 0 spiro atoms. The normalized spacial score (nSPS) is 21.0. The van der Waals surface area contributed by atoms with E-state index in [1.807, 2.05) is 11.8 Å². The summed E-state index contributed by atoms with van der Waals surface area (Å²) in [5.41, 5.74) is 1.12. The van der Waals surface area contributed by atoms with Gasteiger partial charge in [0.15, 0.2) is 0 Å². The monoisotopic (exact) mass is 377 g/mol. The summed E-state index contributed by atoms with van der Waals surface area (Å²) in [7, 11) is 0. The molecule has 2 fully saturated rings. The van der Waals surface area contributed by atoms with E-state index in [2.05, 4.69) is 15.0 Å². The van der Waals surface area contributed by atoms with Crippen LogP contribution in [0.5, 0.6) is 0 Å². The van der Waals surface area contributed by atoms with Crippen LogP contribution in [0.2, 0.25) is 0 Å². The van der Waals surface area contributed by atoms with E-state index < -0.39 is 6.09 Å². The van der Waals surface area contributed by atoms with E-state index in [0.29, 0.717) is 24.5 Å². The molecule has 3 heterocycles. The van der Waals surface area contributed by atoms with Crippen molar-refractivity contribution in [3.63, 3.8) is 0 Å². The van der Waals surface area contributed by atoms with Crippen molar-refractivity contribution >= 4 is 29.2 Å². The van der Waals surface area contributed by atoms with Gasteiger partial charge in [-0.25, -0.2) is 18.9 Å². The van der Waals surface area contributed by atoms with Crippen LogP contribution >= 0.6 is 11.8 Å². The molecule has 26 heavy (non-hydrogen) atoms. The third-order valence-electron chi connectivity index (χ3n) is 4.54. The van der Waals surface area contributed by atoms with Gasteiger partial charge in [-0.05, 0) is 30.4 Å². The van der Waals surface area contributed by atoms with Gasteiger partial charge in [-0.15, -0.1) is 0 Å². The molecule has 2 aliphatic rings. The molecule has 0 saturated carbocycles. The van der Waals surface area contributed by atoms with E-state index >= 15 is 0 Å². The van der Waals surface area contributed by atoms with Crippen LogP contribution in [0.25, 0.3) is 0 Å². The molecule has 0 aliphatic carbocycles. The molecule has 1 aromatic carbocycles. The van der Waals surface area contributed by atoms with Crippen molar-refractivity contribution < 1.29 is 13.9 Å². The molecule has 1 atom stereocenters. The van der Waals surface area contributed by atoms with Crippen LogP contribution in [0, 0.1) is 5.82 Å². The van der Waals surface area contributed by atoms with E-state index in [9.17, 15) is 9.18 Å². The topological polar surface area (TPSA) is 63.5 Å². The van der Waals surface area contributed by atoms with Crippen LogP contribution in [-0.4, -0.2) is 58.1 Å². The lowest BCUT2D eigenvalue weighted by Gasteiger charge is -2.24. The van der Waals surface area contributed by atoms with Gasteiger partial charge >= 0.3 is 6.09 Å². The number of thioether (sulfide) groups is 1. The van der Waals surface area contributed by atoms with Crippen LogP contribution < -0.4 is 9.80 Å². The summed E-state index contributed by atoms with van der Waals surface area (Å²) < 4.78 is 21.7. The smallest absolute Gasteiger partial charge is 0.414 e. The maximum Gasteiger partial charge on any atom is 0.414 e. The van der Waals surface area contributed by atoms with Gasteiger partial charge in [0, 0.05) is 18.8 Å². The minimum atomic E-state index is -0.464. The number of anilines is 2. The van der Waals surface area contributed by atoms with Gasteiger partial charge < -0.3 is 9.64 Å². The SMILES string of the molecule is O=C1O[C@@H](Cn2cncn2)CN1c1ccc(N2CCCSCC2)c(F)c1. The first-order chi connectivity index (χ1) is 12.7. The minimum Gasteiger partial charge on any atom is -0.442 e. The highest BCUT2D eigenvalue weighted by Crippen LogP contribution is 2.29. The third-order valence-corrected chi connectivity index (χ3v) is 5.59. The fraction of sp³-hybridized carbons (Fsp3) is 0.471. The zero-order valence-corrected chi connectivity index (χ0v) is 15.1. The average molecular weight is 377 g/mol. The van der Waals surface area contributed by atoms with E-state index in [4.69, 9.17) is 4.74 Å². The van der Waals surface area contributed by atoms with E-state index in [-0.39, 0.29) is 11.9 Å². The lowest BCUT2D eigenvalue weighted by Crippen LogP contribution is -2.28. The van der Waals surface area contributed by atoms with Crippen molar-refractivity contribution in [2.45, 2.75) is 19.1 Å². The molecular formula is C17H20FN5O2S.